The number of rotatable bonds is 4. The van der Waals surface area contributed by atoms with Crippen molar-refractivity contribution in [1.82, 2.24) is 10.3 Å². The first kappa shape index (κ1) is 15.2. The third-order valence-electron chi connectivity index (χ3n) is 2.79. The quantitative estimate of drug-likeness (QED) is 0.850. The summed E-state index contributed by atoms with van der Waals surface area (Å²) < 4.78 is 0. The molecule has 4 nitrogen and oxygen atoms in total. The molecule has 0 spiro atoms. The molecule has 21 heavy (non-hydrogen) atoms. The van der Waals surface area contributed by atoms with Crippen LogP contribution in [0.3, 0.4) is 0 Å². The van der Waals surface area contributed by atoms with Crippen molar-refractivity contribution in [2.75, 3.05) is 6.61 Å². The van der Waals surface area contributed by atoms with E-state index in [1.807, 2.05) is 25.1 Å². The Bertz CT molecular complexity index is 669. The van der Waals surface area contributed by atoms with Crippen LogP contribution in [-0.4, -0.2) is 22.6 Å². The smallest absolute Gasteiger partial charge is 0.252 e. The zero-order chi connectivity index (χ0) is 15.1. The maximum Gasteiger partial charge on any atom is 0.252 e. The Hall–Kier alpha value is -2.16. The molecule has 0 bridgehead atoms. The van der Waals surface area contributed by atoms with E-state index in [1.165, 1.54) is 11.3 Å². The highest BCUT2D eigenvalue weighted by molar-refractivity contribution is 7.09. The van der Waals surface area contributed by atoms with Gasteiger partial charge in [0.05, 0.1) is 24.2 Å². The summed E-state index contributed by atoms with van der Waals surface area (Å²) in [4.78, 5) is 17.3. The molecular weight excluding hydrogens is 284 g/mol. The van der Waals surface area contributed by atoms with Gasteiger partial charge < -0.3 is 10.4 Å². The number of carbonyl (C=O) groups excluding carboxylic acids is 1. The van der Waals surface area contributed by atoms with Gasteiger partial charge in [-0.25, -0.2) is 0 Å². The Balaban J connectivity index is 2.15. The lowest BCUT2D eigenvalue weighted by molar-refractivity contribution is 0.0951. The summed E-state index contributed by atoms with van der Waals surface area (Å²) in [5.41, 5.74) is 3.98. The van der Waals surface area contributed by atoms with E-state index in [2.05, 4.69) is 22.1 Å². The monoisotopic (exact) mass is 300 g/mol. The number of thiazole rings is 1. The van der Waals surface area contributed by atoms with Gasteiger partial charge in [0.2, 0.25) is 0 Å². The van der Waals surface area contributed by atoms with Gasteiger partial charge in [0, 0.05) is 23.1 Å². The minimum atomic E-state index is -0.152. The van der Waals surface area contributed by atoms with Crippen LogP contribution in [0, 0.1) is 18.8 Å². The number of nitrogens with zero attached hydrogens (tertiary/aromatic N) is 1. The Morgan fingerprint density at radius 1 is 1.48 bits per heavy atom. The lowest BCUT2D eigenvalue weighted by Gasteiger charge is -2.07. The number of hydrogen-bond donors (Lipinski definition) is 2. The molecule has 1 aromatic carbocycles. The second kappa shape index (κ2) is 7.58. The van der Waals surface area contributed by atoms with E-state index in [4.69, 9.17) is 5.11 Å². The number of aliphatic hydroxyl groups excluding tert-OH is 1. The Morgan fingerprint density at radius 3 is 3.05 bits per heavy atom. The Labute approximate surface area is 127 Å². The number of aliphatic hydroxyl groups is 1. The molecular formula is C16H16N2O2S. The number of aryl methyl sites for hydroxylation is 1. The van der Waals surface area contributed by atoms with Crippen LogP contribution in [0.4, 0.5) is 0 Å². The van der Waals surface area contributed by atoms with Gasteiger partial charge in [-0.1, -0.05) is 23.5 Å². The van der Waals surface area contributed by atoms with E-state index in [1.54, 1.807) is 11.7 Å². The maximum absolute atomic E-state index is 12.3. The van der Waals surface area contributed by atoms with Gasteiger partial charge >= 0.3 is 0 Å². The molecule has 0 aliphatic carbocycles. The summed E-state index contributed by atoms with van der Waals surface area (Å²) >= 11 is 1.50. The molecule has 0 radical (unpaired) electrons. The Morgan fingerprint density at radius 2 is 2.33 bits per heavy atom. The molecule has 1 heterocycles. The Kier molecular flexibility index (Phi) is 5.50. The topological polar surface area (TPSA) is 62.2 Å². The number of carbonyl (C=O) groups is 1. The van der Waals surface area contributed by atoms with Crippen molar-refractivity contribution in [3.63, 3.8) is 0 Å². The van der Waals surface area contributed by atoms with E-state index in [0.29, 0.717) is 24.1 Å². The number of nitrogens with one attached hydrogen (secondary N) is 1. The molecule has 0 saturated heterocycles. The standard InChI is InChI=1S/C16H16N2O2S/c1-12-5-6-13(4-2-3-7-19)15(8-12)16(20)18-10-14-9-17-11-21-14/h5-6,8-9,11,19H,3,7,10H2,1H3,(H,18,20). The lowest BCUT2D eigenvalue weighted by atomic mass is 10.0. The van der Waals surface area contributed by atoms with Crippen LogP contribution >= 0.6 is 11.3 Å². The molecule has 0 atom stereocenters. The number of amides is 1. The molecule has 108 valence electrons. The minimum Gasteiger partial charge on any atom is -0.395 e. The minimum absolute atomic E-state index is 0.0196. The van der Waals surface area contributed by atoms with E-state index in [-0.39, 0.29) is 12.5 Å². The van der Waals surface area contributed by atoms with Gasteiger partial charge in [0.25, 0.3) is 5.91 Å². The van der Waals surface area contributed by atoms with E-state index >= 15 is 0 Å². The summed E-state index contributed by atoms with van der Waals surface area (Å²) in [5, 5.41) is 11.6. The van der Waals surface area contributed by atoms with E-state index in [0.717, 1.165) is 10.4 Å². The zero-order valence-electron chi connectivity index (χ0n) is 11.7. The normalized spacial score (nSPS) is 9.81. The second-order valence-corrected chi connectivity index (χ2v) is 5.45. The highest BCUT2D eigenvalue weighted by atomic mass is 32.1. The summed E-state index contributed by atoms with van der Waals surface area (Å²) in [7, 11) is 0. The molecule has 0 saturated carbocycles. The summed E-state index contributed by atoms with van der Waals surface area (Å²) in [6.45, 7) is 2.41. The van der Waals surface area contributed by atoms with Crippen molar-refractivity contribution in [2.45, 2.75) is 19.9 Å². The maximum atomic E-state index is 12.3. The number of hydrogen-bond acceptors (Lipinski definition) is 4. The summed E-state index contributed by atoms with van der Waals surface area (Å²) in [6.07, 6.45) is 2.14. The number of benzene rings is 1. The molecule has 0 fully saturated rings. The van der Waals surface area contributed by atoms with Crippen LogP contribution in [-0.2, 0) is 6.54 Å². The van der Waals surface area contributed by atoms with Crippen molar-refractivity contribution < 1.29 is 9.90 Å². The van der Waals surface area contributed by atoms with Crippen LogP contribution < -0.4 is 5.32 Å². The molecule has 0 unspecified atom stereocenters. The molecule has 2 aromatic rings. The third-order valence-corrected chi connectivity index (χ3v) is 3.57. The fraction of sp³-hybridized carbons (Fsp3) is 0.250. The largest absolute Gasteiger partial charge is 0.395 e. The van der Waals surface area contributed by atoms with Crippen molar-refractivity contribution in [2.24, 2.45) is 0 Å². The van der Waals surface area contributed by atoms with Crippen molar-refractivity contribution in [3.8, 4) is 11.8 Å². The molecule has 0 aliphatic rings. The predicted octanol–water partition coefficient (Wildman–Crippen LogP) is 2.12. The van der Waals surface area contributed by atoms with Crippen LogP contribution in [0.15, 0.2) is 29.9 Å². The highest BCUT2D eigenvalue weighted by Gasteiger charge is 2.10. The molecule has 1 aromatic heterocycles. The van der Waals surface area contributed by atoms with Crippen molar-refractivity contribution >= 4 is 17.2 Å². The zero-order valence-corrected chi connectivity index (χ0v) is 12.5. The first-order chi connectivity index (χ1) is 10.2. The first-order valence-corrected chi connectivity index (χ1v) is 7.44. The van der Waals surface area contributed by atoms with Crippen LogP contribution in [0.2, 0.25) is 0 Å². The molecule has 5 heteroatoms. The van der Waals surface area contributed by atoms with Gasteiger partial charge in [-0.15, -0.1) is 11.3 Å². The van der Waals surface area contributed by atoms with Gasteiger partial charge in [-0.2, -0.15) is 0 Å². The van der Waals surface area contributed by atoms with Crippen molar-refractivity contribution in [3.05, 3.63) is 51.5 Å². The van der Waals surface area contributed by atoms with E-state index in [9.17, 15) is 4.79 Å². The predicted molar refractivity (Wildman–Crippen MR) is 83.0 cm³/mol. The van der Waals surface area contributed by atoms with E-state index < -0.39 is 0 Å². The molecule has 0 aliphatic heterocycles. The molecule has 2 rings (SSSR count). The average molecular weight is 300 g/mol. The lowest BCUT2D eigenvalue weighted by Crippen LogP contribution is -2.23. The van der Waals surface area contributed by atoms with Crippen LogP contribution in [0.5, 0.6) is 0 Å². The average Bonchev–Trinajstić information content (AvgIpc) is 3.00. The van der Waals surface area contributed by atoms with Crippen molar-refractivity contribution in [1.29, 1.82) is 0 Å². The fourth-order valence-corrected chi connectivity index (χ4v) is 2.29. The van der Waals surface area contributed by atoms with Crippen LogP contribution in [0.1, 0.15) is 32.8 Å². The summed E-state index contributed by atoms with van der Waals surface area (Å²) in [5.74, 6) is 5.63. The second-order valence-electron chi connectivity index (χ2n) is 4.47. The fourth-order valence-electron chi connectivity index (χ4n) is 1.76. The van der Waals surface area contributed by atoms with Gasteiger partial charge in [-0.3, -0.25) is 9.78 Å². The SMILES string of the molecule is Cc1ccc(C#CCCO)c(C(=O)NCc2cncs2)c1. The van der Waals surface area contributed by atoms with Gasteiger partial charge in [-0.05, 0) is 19.1 Å². The first-order valence-electron chi connectivity index (χ1n) is 6.56. The highest BCUT2D eigenvalue weighted by Crippen LogP contribution is 2.12. The molecule has 1 amide bonds. The third kappa shape index (κ3) is 4.42. The summed E-state index contributed by atoms with van der Waals surface area (Å²) in [6, 6.07) is 5.58. The van der Waals surface area contributed by atoms with Crippen LogP contribution in [0.25, 0.3) is 0 Å². The molecule has 2 N–H and O–H groups in total. The number of aromatic nitrogens is 1. The van der Waals surface area contributed by atoms with Gasteiger partial charge in [0.15, 0.2) is 0 Å². The van der Waals surface area contributed by atoms with Gasteiger partial charge in [0.1, 0.15) is 0 Å².